The van der Waals surface area contributed by atoms with Gasteiger partial charge in [0.05, 0.1) is 18.8 Å². The Morgan fingerprint density at radius 3 is 1.50 bits per heavy atom. The van der Waals surface area contributed by atoms with Crippen LogP contribution in [0, 0.1) is 16.7 Å². The van der Waals surface area contributed by atoms with Crippen LogP contribution >= 0.6 is 111 Å². The van der Waals surface area contributed by atoms with E-state index in [1.807, 2.05) is 91.0 Å². The number of nitriles is 1. The number of carbonyl (C=O) groups is 1. The molecule has 0 radical (unpaired) electrons. The van der Waals surface area contributed by atoms with Crippen LogP contribution in [-0.4, -0.2) is 52.4 Å². The predicted octanol–water partition coefficient (Wildman–Crippen LogP) is 6.26. The SMILES string of the molecule is CCOC(=O)[C@@H](O)CCc1ccccc1.Cl.I.II.I[I-]I.N#C[C@H](O)CCc1ccccc1.N=C[C@@H](O)CCc1ccccc1. The van der Waals surface area contributed by atoms with Gasteiger partial charge in [-0.2, -0.15) is 5.26 Å². The van der Waals surface area contributed by atoms with Gasteiger partial charge in [0.25, 0.3) is 0 Å². The van der Waals surface area contributed by atoms with Gasteiger partial charge in [0.2, 0.25) is 0 Å². The molecule has 0 aliphatic heterocycles. The summed E-state index contributed by atoms with van der Waals surface area (Å²) in [5.41, 5.74) is 3.48. The molecule has 46 heavy (non-hydrogen) atoms. The van der Waals surface area contributed by atoms with Crippen molar-refractivity contribution in [3.8, 4) is 6.07 Å². The van der Waals surface area contributed by atoms with Crippen molar-refractivity contribution in [2.75, 3.05) is 6.61 Å². The molecule has 0 aromatic heterocycles. The zero-order valence-corrected chi connectivity index (χ0v) is 39.2. The average molecular weight is 1330 g/mol. The van der Waals surface area contributed by atoms with Crippen molar-refractivity contribution in [3.05, 3.63) is 108 Å². The zero-order chi connectivity index (χ0) is 33.4. The molecule has 3 aromatic carbocycles. The van der Waals surface area contributed by atoms with E-state index < -0.39 is 24.3 Å². The second-order valence-electron chi connectivity index (χ2n) is 8.77. The van der Waals surface area contributed by atoms with Crippen LogP contribution in [0.4, 0.5) is 0 Å². The van der Waals surface area contributed by atoms with Crippen molar-refractivity contribution in [2.24, 2.45) is 0 Å². The average Bonchev–Trinajstić information content (AvgIpc) is 3.08. The van der Waals surface area contributed by atoms with E-state index in [2.05, 4.69) is 74.5 Å². The third-order valence-electron chi connectivity index (χ3n) is 5.57. The number of nitrogens with one attached hydrogen (secondary N) is 1. The van der Waals surface area contributed by atoms with Crippen LogP contribution < -0.4 is 13.3 Å². The summed E-state index contributed by atoms with van der Waals surface area (Å²) >= 11 is 9.54. The first kappa shape index (κ1) is 53.6. The third-order valence-corrected chi connectivity index (χ3v) is 5.57. The Morgan fingerprint density at radius 1 is 0.826 bits per heavy atom. The summed E-state index contributed by atoms with van der Waals surface area (Å²) in [6, 6.07) is 31.3. The Morgan fingerprint density at radius 2 is 1.17 bits per heavy atom. The van der Waals surface area contributed by atoms with Crippen LogP contribution in [0.5, 0.6) is 0 Å². The standard InChI is InChI=1S/C12H16O3.C10H13NO.C10H11NO.ClH.I3.I2.HI/c1-2-15-12(14)11(13)9-8-10-6-4-3-5-7-10;2*11-8-10(12)7-6-9-4-2-1-3-5-9;;1-3-2;1-2;/h3-7,11,13H,2,8-9H2,1H3;1-5,8,10-12H,6-7H2;1-5,10,12H,6-7H2;1H;;;1H/q;;;;-1;;/t11-;2*10-;;;;/m001..../s1. The number of hydrogen-bond acceptors (Lipinski definition) is 7. The predicted molar refractivity (Wildman–Crippen MR) is 232 cm³/mol. The number of esters is 1. The number of carbonyl (C=O) groups excluding carboxylic acids is 1. The zero-order valence-electron chi connectivity index (χ0n) is 25.2. The van der Waals surface area contributed by atoms with E-state index in [1.165, 1.54) is 5.56 Å². The van der Waals surface area contributed by atoms with Crippen LogP contribution in [0.15, 0.2) is 91.0 Å². The van der Waals surface area contributed by atoms with E-state index in [4.69, 9.17) is 25.6 Å². The van der Waals surface area contributed by atoms with E-state index >= 15 is 0 Å². The minimum atomic E-state index is -1.01. The number of ether oxygens (including phenoxy) is 1. The topological polar surface area (TPSA) is 135 Å². The number of halogens is 7. The number of aryl methyl sites for hydroxylation is 3. The van der Waals surface area contributed by atoms with Gasteiger partial charge in [-0.25, -0.2) is 4.79 Å². The van der Waals surface area contributed by atoms with Gasteiger partial charge < -0.3 is 25.5 Å². The van der Waals surface area contributed by atoms with Crippen LogP contribution in [0.1, 0.15) is 42.9 Å². The molecule has 4 N–H and O–H groups in total. The summed E-state index contributed by atoms with van der Waals surface area (Å²) in [6.45, 7) is 2.03. The number of aliphatic hydroxyl groups excluding tert-OH is 3. The Bertz CT molecular complexity index is 1120. The first-order valence-electron chi connectivity index (χ1n) is 13.5. The second-order valence-corrected chi connectivity index (χ2v) is 25.0. The molecule has 0 heterocycles. The maximum Gasteiger partial charge on any atom is 0.140 e. The first-order chi connectivity index (χ1) is 21.3. The van der Waals surface area contributed by atoms with E-state index in [9.17, 15) is 9.90 Å². The molecule has 0 aliphatic carbocycles. The largest absolute Gasteiger partial charge is 0.387 e. The molecule has 0 amide bonds. The summed E-state index contributed by atoms with van der Waals surface area (Å²) in [6.07, 6.45) is 2.47. The van der Waals surface area contributed by atoms with Crippen molar-refractivity contribution in [2.45, 2.75) is 63.8 Å². The molecule has 260 valence electrons. The Labute approximate surface area is 350 Å². The molecule has 0 saturated heterocycles. The van der Waals surface area contributed by atoms with Crippen molar-refractivity contribution < 1.29 is 38.1 Å². The molecule has 0 bridgehead atoms. The molecule has 0 saturated carbocycles. The molecule has 0 spiro atoms. The van der Waals surface area contributed by atoms with Crippen molar-refractivity contribution in [1.82, 2.24) is 0 Å². The van der Waals surface area contributed by atoms with Crippen LogP contribution in [0.25, 0.3) is 0 Å². The maximum atomic E-state index is 11.1. The van der Waals surface area contributed by atoms with Gasteiger partial charge in [0.15, 0.2) is 6.10 Å². The molecule has 3 atom stereocenters. The van der Waals surface area contributed by atoms with Gasteiger partial charge in [-0.15, -0.1) is 36.4 Å². The molecule has 0 aliphatic rings. The molecule has 3 rings (SSSR count). The molecule has 0 fully saturated rings. The summed E-state index contributed by atoms with van der Waals surface area (Å²) in [4.78, 5) is 11.1. The number of nitrogens with zero attached hydrogens (tertiary/aromatic N) is 1. The normalized spacial score (nSPS) is 10.9. The van der Waals surface area contributed by atoms with E-state index in [1.54, 1.807) is 13.0 Å². The summed E-state index contributed by atoms with van der Waals surface area (Å²) < 4.78 is 4.70. The number of benzene rings is 3. The van der Waals surface area contributed by atoms with E-state index in [0.29, 0.717) is 45.5 Å². The van der Waals surface area contributed by atoms with E-state index in [0.717, 1.165) is 30.2 Å². The fourth-order valence-electron chi connectivity index (χ4n) is 3.36. The molecular weight excluding hydrogens is 1290 g/mol. The van der Waals surface area contributed by atoms with Crippen LogP contribution in [-0.2, 0) is 28.8 Å². The smallest absolute Gasteiger partial charge is 0.140 e. The van der Waals surface area contributed by atoms with Crippen molar-refractivity contribution in [3.63, 3.8) is 0 Å². The first-order valence-corrected chi connectivity index (χ1v) is 32.4. The van der Waals surface area contributed by atoms with Gasteiger partial charge in [-0.05, 0) is 62.1 Å². The fourth-order valence-corrected chi connectivity index (χ4v) is 3.36. The van der Waals surface area contributed by atoms with Crippen molar-refractivity contribution in [1.29, 1.82) is 10.7 Å². The Hall–Kier alpha value is 0.840. The number of hydrogen-bond donors (Lipinski definition) is 4. The van der Waals surface area contributed by atoms with Gasteiger partial charge >= 0.3 is 56.5 Å². The monoisotopic (exact) mass is 1330 g/mol. The van der Waals surface area contributed by atoms with E-state index in [-0.39, 0.29) is 36.4 Å². The maximum absolute atomic E-state index is 11.1. The van der Waals surface area contributed by atoms with Crippen LogP contribution in [0.2, 0.25) is 0 Å². The summed E-state index contributed by atoms with van der Waals surface area (Å²) in [7, 11) is 0. The quantitative estimate of drug-likeness (QED) is 0.0733. The third kappa shape index (κ3) is 33.3. The summed E-state index contributed by atoms with van der Waals surface area (Å²) in [5, 5.41) is 42.6. The second kappa shape index (κ2) is 40.3. The Kier molecular flexibility index (Phi) is 47.0. The van der Waals surface area contributed by atoms with Gasteiger partial charge in [-0.1, -0.05) is 91.0 Å². The van der Waals surface area contributed by atoms with Crippen molar-refractivity contribution >= 4 is 123 Å². The number of aliphatic hydroxyl groups is 3. The number of rotatable bonds is 12. The molecular formula is C32H42ClI6N2O5-. The molecule has 7 nitrogen and oxygen atoms in total. The molecule has 14 heteroatoms. The summed E-state index contributed by atoms with van der Waals surface area (Å²) in [5.74, 6) is -0.534. The minimum Gasteiger partial charge on any atom is -0.387 e. The van der Waals surface area contributed by atoms with Gasteiger partial charge in [0.1, 0.15) is 6.10 Å². The fraction of sp³-hybridized carbons (Fsp3) is 0.344. The molecule has 3 aromatic rings. The van der Waals surface area contributed by atoms with Gasteiger partial charge in [-0.3, -0.25) is 0 Å². The molecule has 0 unspecified atom stereocenters. The van der Waals surface area contributed by atoms with Crippen LogP contribution in [0.3, 0.4) is 0 Å². The minimum absolute atomic E-state index is 0. The van der Waals surface area contributed by atoms with Gasteiger partial charge in [0, 0.05) is 43.4 Å². The Balaban J connectivity index is -0.000000264.